The Morgan fingerprint density at radius 2 is 2.00 bits per heavy atom. The summed E-state index contributed by atoms with van der Waals surface area (Å²) in [7, 11) is 0. The maximum atomic E-state index is 11.8. The molecule has 0 atom stereocenters. The first kappa shape index (κ1) is 11.5. The van der Waals surface area contributed by atoms with Gasteiger partial charge < -0.3 is 0 Å². The number of benzene rings is 1. The van der Waals surface area contributed by atoms with Gasteiger partial charge in [0.1, 0.15) is 0 Å². The van der Waals surface area contributed by atoms with Crippen LogP contribution in [0.5, 0.6) is 0 Å². The maximum absolute atomic E-state index is 11.8. The first-order chi connectivity index (χ1) is 8.16. The van der Waals surface area contributed by atoms with Gasteiger partial charge in [-0.1, -0.05) is 41.9 Å². The zero-order valence-electron chi connectivity index (χ0n) is 8.84. The number of aromatic nitrogens is 2. The Balaban J connectivity index is 2.25. The SMILES string of the molecule is O=C(Cn1cc(Cl)cnc1=O)c1ccccc1. The predicted octanol–water partition coefficient (Wildman–Crippen LogP) is 1.78. The summed E-state index contributed by atoms with van der Waals surface area (Å²) in [6.07, 6.45) is 2.66. The third-order valence-corrected chi connectivity index (χ3v) is 2.43. The zero-order valence-corrected chi connectivity index (χ0v) is 9.59. The van der Waals surface area contributed by atoms with Crippen molar-refractivity contribution in [2.75, 3.05) is 0 Å². The molecule has 0 fully saturated rings. The van der Waals surface area contributed by atoms with Crippen molar-refractivity contribution in [1.29, 1.82) is 0 Å². The molecule has 0 bridgehead atoms. The highest BCUT2D eigenvalue weighted by atomic mass is 35.5. The second kappa shape index (κ2) is 4.93. The molecular formula is C12H9ClN2O2. The average molecular weight is 249 g/mol. The number of hydrogen-bond donors (Lipinski definition) is 0. The highest BCUT2D eigenvalue weighted by Crippen LogP contribution is 2.04. The Morgan fingerprint density at radius 1 is 1.29 bits per heavy atom. The van der Waals surface area contributed by atoms with Gasteiger partial charge in [-0.3, -0.25) is 9.36 Å². The molecule has 1 heterocycles. The molecule has 1 aromatic heterocycles. The van der Waals surface area contributed by atoms with Gasteiger partial charge in [0.25, 0.3) is 0 Å². The molecule has 0 unspecified atom stereocenters. The van der Waals surface area contributed by atoms with E-state index in [2.05, 4.69) is 4.98 Å². The molecule has 0 aliphatic heterocycles. The monoisotopic (exact) mass is 248 g/mol. The van der Waals surface area contributed by atoms with E-state index in [9.17, 15) is 9.59 Å². The highest BCUT2D eigenvalue weighted by Gasteiger charge is 2.07. The number of carbonyl (C=O) groups is 1. The van der Waals surface area contributed by atoms with E-state index < -0.39 is 5.69 Å². The van der Waals surface area contributed by atoms with Crippen LogP contribution in [-0.4, -0.2) is 15.3 Å². The van der Waals surface area contributed by atoms with Crippen LogP contribution in [0.2, 0.25) is 5.02 Å². The molecule has 0 amide bonds. The topological polar surface area (TPSA) is 52.0 Å². The van der Waals surface area contributed by atoms with Gasteiger partial charge in [-0.2, -0.15) is 0 Å². The van der Waals surface area contributed by atoms with E-state index in [4.69, 9.17) is 11.6 Å². The van der Waals surface area contributed by atoms with Gasteiger partial charge in [-0.25, -0.2) is 9.78 Å². The average Bonchev–Trinajstić information content (AvgIpc) is 2.35. The van der Waals surface area contributed by atoms with Crippen molar-refractivity contribution in [2.45, 2.75) is 6.54 Å². The van der Waals surface area contributed by atoms with Crippen LogP contribution < -0.4 is 5.69 Å². The van der Waals surface area contributed by atoms with Crippen LogP contribution >= 0.6 is 11.6 Å². The molecule has 1 aromatic carbocycles. The minimum absolute atomic E-state index is 0.0591. The van der Waals surface area contributed by atoms with Crippen molar-refractivity contribution >= 4 is 17.4 Å². The van der Waals surface area contributed by atoms with E-state index in [1.165, 1.54) is 17.0 Å². The van der Waals surface area contributed by atoms with Crippen LogP contribution in [0.3, 0.4) is 0 Å². The number of carbonyl (C=O) groups excluding carboxylic acids is 1. The Hall–Kier alpha value is -1.94. The molecule has 0 saturated carbocycles. The second-order valence-corrected chi connectivity index (χ2v) is 3.91. The Labute approximate surface area is 102 Å². The Bertz CT molecular complexity index is 593. The molecule has 2 rings (SSSR count). The van der Waals surface area contributed by atoms with E-state index in [-0.39, 0.29) is 12.3 Å². The van der Waals surface area contributed by atoms with Crippen LogP contribution in [0.25, 0.3) is 0 Å². The van der Waals surface area contributed by atoms with Crippen LogP contribution in [-0.2, 0) is 6.54 Å². The quantitative estimate of drug-likeness (QED) is 0.778. The van der Waals surface area contributed by atoms with Gasteiger partial charge in [0.2, 0.25) is 0 Å². The molecule has 5 heteroatoms. The molecule has 0 N–H and O–H groups in total. The van der Waals surface area contributed by atoms with Gasteiger partial charge in [-0.05, 0) is 0 Å². The largest absolute Gasteiger partial charge is 0.348 e. The van der Waals surface area contributed by atoms with Gasteiger partial charge in [0.05, 0.1) is 17.8 Å². The summed E-state index contributed by atoms with van der Waals surface area (Å²) in [6, 6.07) is 8.76. The van der Waals surface area contributed by atoms with Gasteiger partial charge in [-0.15, -0.1) is 0 Å². The molecule has 0 aliphatic rings. The fourth-order valence-corrected chi connectivity index (χ4v) is 1.58. The number of hydrogen-bond acceptors (Lipinski definition) is 3. The van der Waals surface area contributed by atoms with E-state index in [0.717, 1.165) is 0 Å². The van der Waals surface area contributed by atoms with Crippen molar-refractivity contribution in [2.24, 2.45) is 0 Å². The first-order valence-electron chi connectivity index (χ1n) is 4.97. The summed E-state index contributed by atoms with van der Waals surface area (Å²) in [6.45, 7) is -0.0591. The number of halogens is 1. The van der Waals surface area contributed by atoms with Crippen molar-refractivity contribution in [3.8, 4) is 0 Å². The molecule has 2 aromatic rings. The Morgan fingerprint density at radius 3 is 2.71 bits per heavy atom. The third kappa shape index (κ3) is 2.79. The van der Waals surface area contributed by atoms with E-state index >= 15 is 0 Å². The van der Waals surface area contributed by atoms with Crippen molar-refractivity contribution in [1.82, 2.24) is 9.55 Å². The van der Waals surface area contributed by atoms with Crippen LogP contribution in [0, 0.1) is 0 Å². The lowest BCUT2D eigenvalue weighted by Gasteiger charge is -2.04. The maximum Gasteiger partial charge on any atom is 0.348 e. The molecule has 0 spiro atoms. The third-order valence-electron chi connectivity index (χ3n) is 2.23. The number of nitrogens with zero attached hydrogens (tertiary/aromatic N) is 2. The second-order valence-electron chi connectivity index (χ2n) is 3.47. The fourth-order valence-electron chi connectivity index (χ4n) is 1.41. The van der Waals surface area contributed by atoms with Crippen molar-refractivity contribution in [3.63, 3.8) is 0 Å². The normalized spacial score (nSPS) is 10.2. The van der Waals surface area contributed by atoms with Gasteiger partial charge >= 0.3 is 5.69 Å². The summed E-state index contributed by atoms with van der Waals surface area (Å²) in [5.74, 6) is -0.156. The van der Waals surface area contributed by atoms with Crippen molar-refractivity contribution < 1.29 is 4.79 Å². The summed E-state index contributed by atoms with van der Waals surface area (Å²) < 4.78 is 1.19. The fraction of sp³-hybridized carbons (Fsp3) is 0.0833. The number of rotatable bonds is 3. The molecule has 0 radical (unpaired) electrons. The molecule has 0 aliphatic carbocycles. The molecule has 17 heavy (non-hydrogen) atoms. The van der Waals surface area contributed by atoms with E-state index in [1.54, 1.807) is 24.3 Å². The first-order valence-corrected chi connectivity index (χ1v) is 5.35. The standard InChI is InChI=1S/C12H9ClN2O2/c13-10-6-14-12(17)15(7-10)8-11(16)9-4-2-1-3-5-9/h1-7H,8H2. The minimum atomic E-state index is -0.487. The van der Waals surface area contributed by atoms with Gasteiger partial charge in [0, 0.05) is 11.8 Å². The molecule has 4 nitrogen and oxygen atoms in total. The summed E-state index contributed by atoms with van der Waals surface area (Å²) >= 11 is 5.71. The summed E-state index contributed by atoms with van der Waals surface area (Å²) in [5.41, 5.74) is 0.0676. The lowest BCUT2D eigenvalue weighted by Crippen LogP contribution is -2.25. The van der Waals surface area contributed by atoms with Crippen LogP contribution in [0.4, 0.5) is 0 Å². The van der Waals surface area contributed by atoms with Crippen molar-refractivity contribution in [3.05, 3.63) is 63.8 Å². The number of Topliss-reactive ketones (excluding diaryl/α,β-unsaturated/α-hetero) is 1. The van der Waals surface area contributed by atoms with Crippen LogP contribution in [0.1, 0.15) is 10.4 Å². The van der Waals surface area contributed by atoms with Crippen LogP contribution in [0.15, 0.2) is 47.5 Å². The lowest BCUT2D eigenvalue weighted by molar-refractivity contribution is 0.0970. The smallest absolute Gasteiger partial charge is 0.292 e. The predicted molar refractivity (Wildman–Crippen MR) is 64.3 cm³/mol. The highest BCUT2D eigenvalue weighted by molar-refractivity contribution is 6.30. The van der Waals surface area contributed by atoms with E-state index in [1.807, 2.05) is 6.07 Å². The zero-order chi connectivity index (χ0) is 12.3. The summed E-state index contributed by atoms with van der Waals surface area (Å²) in [4.78, 5) is 26.8. The summed E-state index contributed by atoms with van der Waals surface area (Å²) in [5, 5.41) is 0.325. The lowest BCUT2D eigenvalue weighted by atomic mass is 10.1. The van der Waals surface area contributed by atoms with E-state index in [0.29, 0.717) is 10.6 Å². The number of ketones is 1. The Kier molecular flexibility index (Phi) is 3.35. The molecular weight excluding hydrogens is 240 g/mol. The molecule has 0 saturated heterocycles. The molecule has 86 valence electrons. The van der Waals surface area contributed by atoms with Gasteiger partial charge in [0.15, 0.2) is 5.78 Å². The minimum Gasteiger partial charge on any atom is -0.292 e.